The highest BCUT2D eigenvalue weighted by Gasteiger charge is 2.25. The van der Waals surface area contributed by atoms with Crippen LogP contribution in [0.1, 0.15) is 54.5 Å². The molecule has 0 spiro atoms. The van der Waals surface area contributed by atoms with Crippen LogP contribution in [0.15, 0.2) is 41.4 Å². The number of aromatic nitrogens is 5. The highest BCUT2D eigenvalue weighted by Crippen LogP contribution is 2.28. The standard InChI is InChI=1S/C18H21BrN6O/c1-11(2)16-15(19)17(23-22-16)18(26)24(4)12(3)13-5-7-14(8-6-13)25-10-20-9-21-25/h5-12H,1-4H3,(H,22,23). The minimum atomic E-state index is -0.132. The van der Waals surface area contributed by atoms with Gasteiger partial charge in [-0.25, -0.2) is 9.67 Å². The molecular weight excluding hydrogens is 396 g/mol. The Hall–Kier alpha value is -2.48. The third-order valence-electron chi connectivity index (χ3n) is 4.47. The van der Waals surface area contributed by atoms with Gasteiger partial charge in [-0.15, -0.1) is 0 Å². The molecule has 1 N–H and O–H groups in total. The molecular formula is C18H21BrN6O. The molecule has 3 aromatic rings. The summed E-state index contributed by atoms with van der Waals surface area (Å²) in [4.78, 5) is 18.5. The molecule has 0 bridgehead atoms. The monoisotopic (exact) mass is 416 g/mol. The molecule has 3 rings (SSSR count). The number of aromatic amines is 1. The summed E-state index contributed by atoms with van der Waals surface area (Å²) < 4.78 is 2.43. The van der Waals surface area contributed by atoms with Crippen LogP contribution in [0.5, 0.6) is 0 Å². The minimum Gasteiger partial charge on any atom is -0.334 e. The van der Waals surface area contributed by atoms with E-state index in [-0.39, 0.29) is 17.9 Å². The molecule has 0 fully saturated rings. The number of benzene rings is 1. The largest absolute Gasteiger partial charge is 0.334 e. The number of hydrogen-bond donors (Lipinski definition) is 1. The average Bonchev–Trinajstić information content (AvgIpc) is 3.29. The lowest BCUT2D eigenvalue weighted by molar-refractivity contribution is 0.0735. The molecule has 26 heavy (non-hydrogen) atoms. The maximum atomic E-state index is 12.9. The van der Waals surface area contributed by atoms with Gasteiger partial charge in [0, 0.05) is 7.05 Å². The van der Waals surface area contributed by atoms with Crippen LogP contribution in [0.2, 0.25) is 0 Å². The first-order valence-electron chi connectivity index (χ1n) is 8.36. The molecule has 0 saturated carbocycles. The summed E-state index contributed by atoms with van der Waals surface area (Å²) in [5.41, 5.74) is 3.28. The number of carbonyl (C=O) groups is 1. The molecule has 1 atom stereocenters. The minimum absolute atomic E-state index is 0.0987. The molecule has 0 aliphatic heterocycles. The van der Waals surface area contributed by atoms with E-state index in [1.807, 2.05) is 31.2 Å². The number of H-pyrrole nitrogens is 1. The molecule has 0 aliphatic rings. The first-order valence-corrected chi connectivity index (χ1v) is 9.15. The molecule has 2 heterocycles. The fourth-order valence-electron chi connectivity index (χ4n) is 2.68. The van der Waals surface area contributed by atoms with E-state index < -0.39 is 0 Å². The third-order valence-corrected chi connectivity index (χ3v) is 5.28. The quantitative estimate of drug-likeness (QED) is 0.687. The Labute approximate surface area is 160 Å². The van der Waals surface area contributed by atoms with Crippen LogP contribution < -0.4 is 0 Å². The molecule has 136 valence electrons. The van der Waals surface area contributed by atoms with Crippen LogP contribution in [0, 0.1) is 0 Å². The Bertz CT molecular complexity index is 885. The van der Waals surface area contributed by atoms with Gasteiger partial charge in [-0.05, 0) is 46.5 Å². The van der Waals surface area contributed by atoms with Crippen molar-refractivity contribution in [1.82, 2.24) is 29.9 Å². The van der Waals surface area contributed by atoms with Gasteiger partial charge < -0.3 is 4.90 Å². The van der Waals surface area contributed by atoms with E-state index >= 15 is 0 Å². The van der Waals surface area contributed by atoms with Gasteiger partial charge in [0.05, 0.1) is 21.9 Å². The maximum absolute atomic E-state index is 12.9. The number of carbonyl (C=O) groups excluding carboxylic acids is 1. The predicted octanol–water partition coefficient (Wildman–Crippen LogP) is 3.71. The number of amides is 1. The third kappa shape index (κ3) is 3.41. The van der Waals surface area contributed by atoms with E-state index in [1.165, 1.54) is 6.33 Å². The molecule has 0 radical (unpaired) electrons. The zero-order chi connectivity index (χ0) is 18.8. The van der Waals surface area contributed by atoms with Gasteiger partial charge in [0.15, 0.2) is 5.69 Å². The molecule has 0 aliphatic carbocycles. The smallest absolute Gasteiger partial charge is 0.275 e. The van der Waals surface area contributed by atoms with Crippen molar-refractivity contribution in [3.05, 3.63) is 58.3 Å². The zero-order valence-corrected chi connectivity index (χ0v) is 16.7. The number of nitrogens with zero attached hydrogens (tertiary/aromatic N) is 5. The van der Waals surface area contributed by atoms with Crippen LogP contribution in [0.4, 0.5) is 0 Å². The van der Waals surface area contributed by atoms with Crippen molar-refractivity contribution in [3.8, 4) is 5.69 Å². The summed E-state index contributed by atoms with van der Waals surface area (Å²) in [6.07, 6.45) is 3.14. The van der Waals surface area contributed by atoms with Crippen molar-refractivity contribution in [3.63, 3.8) is 0 Å². The molecule has 1 amide bonds. The van der Waals surface area contributed by atoms with E-state index in [0.717, 1.165) is 21.4 Å². The normalized spacial score (nSPS) is 12.4. The van der Waals surface area contributed by atoms with Crippen molar-refractivity contribution >= 4 is 21.8 Å². The molecule has 1 unspecified atom stereocenters. The van der Waals surface area contributed by atoms with E-state index in [1.54, 1.807) is 23.0 Å². The number of nitrogens with one attached hydrogen (secondary N) is 1. The van der Waals surface area contributed by atoms with Gasteiger partial charge in [-0.3, -0.25) is 9.89 Å². The number of rotatable bonds is 5. The van der Waals surface area contributed by atoms with Gasteiger partial charge >= 0.3 is 0 Å². The lowest BCUT2D eigenvalue weighted by Crippen LogP contribution is -2.30. The van der Waals surface area contributed by atoms with Crippen LogP contribution in [0.3, 0.4) is 0 Å². The zero-order valence-electron chi connectivity index (χ0n) is 15.1. The second kappa shape index (κ2) is 7.41. The van der Waals surface area contributed by atoms with E-state index in [0.29, 0.717) is 5.69 Å². The maximum Gasteiger partial charge on any atom is 0.275 e. The van der Waals surface area contributed by atoms with Gasteiger partial charge in [-0.1, -0.05) is 26.0 Å². The van der Waals surface area contributed by atoms with Crippen molar-refractivity contribution in [2.75, 3.05) is 7.05 Å². The van der Waals surface area contributed by atoms with E-state index in [2.05, 4.69) is 50.1 Å². The summed E-state index contributed by atoms with van der Waals surface area (Å²) in [6.45, 7) is 6.09. The van der Waals surface area contributed by atoms with Crippen molar-refractivity contribution in [2.24, 2.45) is 0 Å². The highest BCUT2D eigenvalue weighted by molar-refractivity contribution is 9.10. The predicted molar refractivity (Wildman–Crippen MR) is 102 cm³/mol. The first-order chi connectivity index (χ1) is 12.4. The summed E-state index contributed by atoms with van der Waals surface area (Å²) in [5.74, 6) is 0.123. The highest BCUT2D eigenvalue weighted by atomic mass is 79.9. The first kappa shape index (κ1) is 18.3. The van der Waals surface area contributed by atoms with E-state index in [4.69, 9.17) is 0 Å². The summed E-state index contributed by atoms with van der Waals surface area (Å²) >= 11 is 3.50. The Balaban J connectivity index is 1.78. The fourth-order valence-corrected chi connectivity index (χ4v) is 3.48. The SMILES string of the molecule is CC(C)c1[nH]nc(C(=O)N(C)C(C)c2ccc(-n3cncn3)cc2)c1Br. The summed E-state index contributed by atoms with van der Waals surface area (Å²) in [5, 5.41) is 11.3. The van der Waals surface area contributed by atoms with Gasteiger partial charge in [0.25, 0.3) is 5.91 Å². The lowest BCUT2D eigenvalue weighted by atomic mass is 10.1. The second-order valence-electron chi connectivity index (χ2n) is 6.48. The van der Waals surface area contributed by atoms with Crippen molar-refractivity contribution in [2.45, 2.75) is 32.7 Å². The second-order valence-corrected chi connectivity index (χ2v) is 7.27. The Morgan fingerprint density at radius 1 is 1.23 bits per heavy atom. The van der Waals surface area contributed by atoms with Crippen LogP contribution in [-0.4, -0.2) is 42.8 Å². The van der Waals surface area contributed by atoms with Gasteiger partial charge in [0.2, 0.25) is 0 Å². The topological polar surface area (TPSA) is 79.7 Å². The molecule has 7 nitrogen and oxygen atoms in total. The molecule has 1 aromatic carbocycles. The van der Waals surface area contributed by atoms with Crippen LogP contribution in [-0.2, 0) is 0 Å². The summed E-state index contributed by atoms with van der Waals surface area (Å²) in [6, 6.07) is 7.80. The van der Waals surface area contributed by atoms with E-state index in [9.17, 15) is 4.79 Å². The van der Waals surface area contributed by atoms with Gasteiger partial charge in [0.1, 0.15) is 12.7 Å². The molecule has 8 heteroatoms. The van der Waals surface area contributed by atoms with Crippen LogP contribution >= 0.6 is 15.9 Å². The Kier molecular flexibility index (Phi) is 5.22. The summed E-state index contributed by atoms with van der Waals surface area (Å²) in [7, 11) is 1.79. The average molecular weight is 417 g/mol. The molecule has 0 saturated heterocycles. The Morgan fingerprint density at radius 3 is 2.46 bits per heavy atom. The van der Waals surface area contributed by atoms with Gasteiger partial charge in [-0.2, -0.15) is 10.2 Å². The van der Waals surface area contributed by atoms with Crippen molar-refractivity contribution < 1.29 is 4.79 Å². The number of hydrogen-bond acceptors (Lipinski definition) is 4. The number of halogens is 1. The lowest BCUT2D eigenvalue weighted by Gasteiger charge is -2.25. The Morgan fingerprint density at radius 2 is 1.92 bits per heavy atom. The van der Waals surface area contributed by atoms with Crippen molar-refractivity contribution in [1.29, 1.82) is 0 Å². The van der Waals surface area contributed by atoms with Crippen LogP contribution in [0.25, 0.3) is 5.69 Å². The fraction of sp³-hybridized carbons (Fsp3) is 0.333. The molecule has 2 aromatic heterocycles.